The number of carbonyl (C=O) groups is 2. The Morgan fingerprint density at radius 1 is 1.33 bits per heavy atom. The number of piperidine rings is 2. The number of nitrogens with one attached hydrogen (secondary N) is 2. The molecule has 3 amide bonds. The summed E-state index contributed by atoms with van der Waals surface area (Å²) in [6, 6.07) is 1.48. The molecule has 2 N–H and O–H groups in total. The highest BCUT2D eigenvalue weighted by atomic mass is 16.2. The van der Waals surface area contributed by atoms with Gasteiger partial charge in [-0.3, -0.25) is 4.79 Å². The molecule has 0 radical (unpaired) electrons. The summed E-state index contributed by atoms with van der Waals surface area (Å²) in [5.74, 6) is 0.177. The van der Waals surface area contributed by atoms with E-state index in [2.05, 4.69) is 27.4 Å². The highest BCUT2D eigenvalue weighted by Crippen LogP contribution is 2.50. The van der Waals surface area contributed by atoms with Gasteiger partial charge in [0.25, 0.3) is 0 Å². The van der Waals surface area contributed by atoms with Gasteiger partial charge in [0.05, 0.1) is 12.2 Å². The Kier molecular flexibility index (Phi) is 2.36. The van der Waals surface area contributed by atoms with Crippen LogP contribution in [0.25, 0.3) is 0 Å². The quantitative estimate of drug-likeness (QED) is 0.820. The number of amides is 3. The molecule has 3 saturated heterocycles. The smallest absolute Gasteiger partial charge is 0.318 e. The number of aromatic nitrogens is 2. The van der Waals surface area contributed by atoms with Gasteiger partial charge in [0.1, 0.15) is 5.54 Å². The lowest BCUT2D eigenvalue weighted by Crippen LogP contribution is -2.70. The van der Waals surface area contributed by atoms with E-state index in [9.17, 15) is 9.59 Å². The van der Waals surface area contributed by atoms with Gasteiger partial charge in [-0.1, -0.05) is 6.58 Å². The van der Waals surface area contributed by atoms with Gasteiger partial charge >= 0.3 is 6.03 Å². The predicted octanol–water partition coefficient (Wildman–Crippen LogP) is 0.335. The predicted molar refractivity (Wildman–Crippen MR) is 72.7 cm³/mol. The molecule has 5 rings (SSSR count). The summed E-state index contributed by atoms with van der Waals surface area (Å²) in [5, 5.41) is 13.3. The molecule has 7 heteroatoms. The van der Waals surface area contributed by atoms with Crippen LogP contribution in [0.3, 0.4) is 0 Å². The molecule has 1 saturated carbocycles. The molecule has 2 bridgehead atoms. The summed E-state index contributed by atoms with van der Waals surface area (Å²) in [6.45, 7) is 4.33. The van der Waals surface area contributed by atoms with Crippen LogP contribution in [0.15, 0.2) is 30.7 Å². The van der Waals surface area contributed by atoms with Crippen LogP contribution in [0, 0.1) is 5.92 Å². The third-order valence-electron chi connectivity index (χ3n) is 4.79. The maximum Gasteiger partial charge on any atom is 0.318 e. The van der Waals surface area contributed by atoms with E-state index in [1.807, 2.05) is 6.07 Å². The number of allylic oxidation sites excluding steroid dienone is 1. The van der Waals surface area contributed by atoms with E-state index in [1.54, 1.807) is 17.3 Å². The first kappa shape index (κ1) is 12.3. The number of nitrogens with zero attached hydrogens (tertiary/aromatic N) is 3. The second kappa shape index (κ2) is 4.03. The molecule has 4 fully saturated rings. The molecule has 4 aliphatic rings. The zero-order chi connectivity index (χ0) is 14.6. The van der Waals surface area contributed by atoms with Crippen molar-refractivity contribution >= 4 is 11.9 Å². The van der Waals surface area contributed by atoms with E-state index in [-0.39, 0.29) is 23.9 Å². The average Bonchev–Trinajstić information content (AvgIpc) is 2.81. The summed E-state index contributed by atoms with van der Waals surface area (Å²) in [7, 11) is 0. The van der Waals surface area contributed by atoms with E-state index in [4.69, 9.17) is 0 Å². The second-order valence-corrected chi connectivity index (χ2v) is 5.90. The SMILES string of the molecule is C=C1NC(=O)C2(N3CC(c4ccnnc4)NC3=O)CC1C2. The first-order valence-corrected chi connectivity index (χ1v) is 6.95. The van der Waals surface area contributed by atoms with Crippen molar-refractivity contribution in [1.29, 1.82) is 0 Å². The third-order valence-corrected chi connectivity index (χ3v) is 4.79. The van der Waals surface area contributed by atoms with Gasteiger partial charge in [-0.05, 0) is 24.5 Å². The van der Waals surface area contributed by atoms with Crippen LogP contribution in [0.2, 0.25) is 0 Å². The molecule has 1 aromatic rings. The Morgan fingerprint density at radius 3 is 2.81 bits per heavy atom. The van der Waals surface area contributed by atoms with E-state index < -0.39 is 5.54 Å². The molecule has 21 heavy (non-hydrogen) atoms. The molecule has 7 nitrogen and oxygen atoms in total. The maximum atomic E-state index is 12.3. The lowest BCUT2D eigenvalue weighted by Gasteiger charge is -2.55. The topological polar surface area (TPSA) is 87.2 Å². The molecule has 3 aliphatic heterocycles. The van der Waals surface area contributed by atoms with Crippen LogP contribution in [-0.4, -0.2) is 39.1 Å². The summed E-state index contributed by atoms with van der Waals surface area (Å²) in [6.07, 6.45) is 4.58. The highest BCUT2D eigenvalue weighted by molar-refractivity contribution is 5.95. The van der Waals surface area contributed by atoms with Crippen molar-refractivity contribution < 1.29 is 9.59 Å². The Labute approximate surface area is 121 Å². The van der Waals surface area contributed by atoms with Gasteiger partial charge in [0.2, 0.25) is 5.91 Å². The van der Waals surface area contributed by atoms with E-state index in [0.29, 0.717) is 19.4 Å². The Morgan fingerprint density at radius 2 is 2.14 bits per heavy atom. The van der Waals surface area contributed by atoms with Crippen LogP contribution in [0.1, 0.15) is 24.4 Å². The zero-order valence-electron chi connectivity index (χ0n) is 11.4. The minimum Gasteiger partial charge on any atom is -0.329 e. The third kappa shape index (κ3) is 1.60. The zero-order valence-corrected chi connectivity index (χ0v) is 11.4. The molecule has 0 aromatic carbocycles. The van der Waals surface area contributed by atoms with Crippen molar-refractivity contribution in [3.05, 3.63) is 36.3 Å². The Hall–Kier alpha value is -2.44. The molecule has 4 heterocycles. The second-order valence-electron chi connectivity index (χ2n) is 5.90. The fourth-order valence-electron chi connectivity index (χ4n) is 3.50. The van der Waals surface area contributed by atoms with Crippen molar-refractivity contribution in [2.75, 3.05) is 6.54 Å². The molecule has 1 unspecified atom stereocenters. The van der Waals surface area contributed by atoms with Crippen LogP contribution in [-0.2, 0) is 4.79 Å². The van der Waals surface area contributed by atoms with Gasteiger partial charge in [-0.2, -0.15) is 10.2 Å². The molecule has 0 spiro atoms. The number of carbonyl (C=O) groups excluding carboxylic acids is 2. The lowest BCUT2D eigenvalue weighted by molar-refractivity contribution is -0.143. The Bertz CT molecular complexity index is 638. The van der Waals surface area contributed by atoms with Crippen LogP contribution < -0.4 is 10.6 Å². The van der Waals surface area contributed by atoms with Crippen molar-refractivity contribution in [3.63, 3.8) is 0 Å². The normalized spacial score (nSPS) is 34.3. The average molecular weight is 285 g/mol. The molecule has 108 valence electrons. The monoisotopic (exact) mass is 285 g/mol. The summed E-state index contributed by atoms with van der Waals surface area (Å²) in [4.78, 5) is 26.3. The van der Waals surface area contributed by atoms with Crippen molar-refractivity contribution in [2.24, 2.45) is 5.92 Å². The first-order chi connectivity index (χ1) is 10.1. The highest BCUT2D eigenvalue weighted by Gasteiger charge is 2.61. The lowest BCUT2D eigenvalue weighted by atomic mass is 9.62. The molecule has 1 atom stereocenters. The van der Waals surface area contributed by atoms with Crippen molar-refractivity contribution in [3.8, 4) is 0 Å². The number of hydrogen-bond donors (Lipinski definition) is 2. The standard InChI is InChI=1S/C14H15N5O2/c1-8-10-4-14(5-10,12(20)17-8)19-7-11(18-13(19)21)9-2-3-15-16-6-9/h2-3,6,10-11H,1,4-5,7H2,(H,17,20)(H,18,21). The van der Waals surface area contributed by atoms with E-state index in [1.165, 1.54) is 0 Å². The van der Waals surface area contributed by atoms with Gasteiger partial charge < -0.3 is 15.5 Å². The summed E-state index contributed by atoms with van der Waals surface area (Å²) >= 11 is 0. The molecule has 1 aromatic heterocycles. The van der Waals surface area contributed by atoms with Gasteiger partial charge in [-0.25, -0.2) is 4.79 Å². The minimum absolute atomic E-state index is 0.112. The number of fused-ring (bicyclic) bond motifs is 2. The number of hydrogen-bond acceptors (Lipinski definition) is 4. The van der Waals surface area contributed by atoms with Crippen molar-refractivity contribution in [1.82, 2.24) is 25.7 Å². The summed E-state index contributed by atoms with van der Waals surface area (Å²) in [5.41, 5.74) is 0.968. The molecular weight excluding hydrogens is 270 g/mol. The Balaban J connectivity index is 1.59. The number of urea groups is 1. The van der Waals surface area contributed by atoms with E-state index >= 15 is 0 Å². The fraction of sp³-hybridized carbons (Fsp3) is 0.429. The number of rotatable bonds is 2. The first-order valence-electron chi connectivity index (χ1n) is 6.95. The maximum absolute atomic E-state index is 12.3. The molecule has 1 aliphatic carbocycles. The molecular formula is C14H15N5O2. The van der Waals surface area contributed by atoms with Gasteiger partial charge in [0, 0.05) is 24.4 Å². The largest absolute Gasteiger partial charge is 0.329 e. The minimum atomic E-state index is -0.703. The van der Waals surface area contributed by atoms with Gasteiger partial charge in [0.15, 0.2) is 0 Å². The van der Waals surface area contributed by atoms with Gasteiger partial charge in [-0.15, -0.1) is 0 Å². The fourth-order valence-corrected chi connectivity index (χ4v) is 3.50. The van der Waals surface area contributed by atoms with Crippen molar-refractivity contribution in [2.45, 2.75) is 24.4 Å². The van der Waals surface area contributed by atoms with Crippen LogP contribution in [0.5, 0.6) is 0 Å². The van der Waals surface area contributed by atoms with Crippen LogP contribution in [0.4, 0.5) is 4.79 Å². The van der Waals surface area contributed by atoms with Crippen LogP contribution >= 0.6 is 0 Å². The van der Waals surface area contributed by atoms with E-state index in [0.717, 1.165) is 11.3 Å². The summed E-state index contributed by atoms with van der Waals surface area (Å²) < 4.78 is 0.